The summed E-state index contributed by atoms with van der Waals surface area (Å²) in [7, 11) is 0. The largest absolute Gasteiger partial charge is 0.486 e. The molecule has 8 heteroatoms. The van der Waals surface area contributed by atoms with Crippen LogP contribution in [-0.2, 0) is 6.54 Å². The Morgan fingerprint density at radius 2 is 2.20 bits per heavy atom. The molecule has 1 amide bonds. The van der Waals surface area contributed by atoms with Crippen LogP contribution in [0.3, 0.4) is 0 Å². The Labute approximate surface area is 152 Å². The third-order valence-corrected chi connectivity index (χ3v) is 4.72. The Balaban J connectivity index is 1.45. The summed E-state index contributed by atoms with van der Waals surface area (Å²) in [6.07, 6.45) is 1.57. The van der Waals surface area contributed by atoms with E-state index in [0.29, 0.717) is 52.7 Å². The summed E-state index contributed by atoms with van der Waals surface area (Å²) in [6.45, 7) is 1.26. The fourth-order valence-corrected chi connectivity index (χ4v) is 3.48. The van der Waals surface area contributed by atoms with Crippen molar-refractivity contribution in [2.24, 2.45) is 0 Å². The molecule has 0 atom stereocenters. The van der Waals surface area contributed by atoms with Crippen molar-refractivity contribution >= 4 is 28.8 Å². The Morgan fingerprint density at radius 3 is 3.04 bits per heavy atom. The van der Waals surface area contributed by atoms with E-state index in [2.05, 4.69) is 10.3 Å². The molecular formula is C17H13ClN2O4S. The number of halogens is 1. The summed E-state index contributed by atoms with van der Waals surface area (Å²) < 4.78 is 16.3. The highest BCUT2D eigenvalue weighted by Crippen LogP contribution is 2.38. The summed E-state index contributed by atoms with van der Waals surface area (Å²) in [5, 5.41) is 5.66. The number of thiazole rings is 1. The molecule has 25 heavy (non-hydrogen) atoms. The van der Waals surface area contributed by atoms with E-state index < -0.39 is 0 Å². The lowest BCUT2D eigenvalue weighted by molar-refractivity contribution is 0.0946. The number of furan rings is 1. The van der Waals surface area contributed by atoms with E-state index in [4.69, 9.17) is 25.5 Å². The highest BCUT2D eigenvalue weighted by Gasteiger charge is 2.18. The van der Waals surface area contributed by atoms with E-state index in [1.807, 2.05) is 6.07 Å². The van der Waals surface area contributed by atoms with Gasteiger partial charge in [0.05, 0.1) is 11.3 Å². The van der Waals surface area contributed by atoms with Crippen LogP contribution in [0.15, 0.2) is 40.3 Å². The fraction of sp³-hybridized carbons (Fsp3) is 0.176. The maximum Gasteiger partial charge on any atom is 0.271 e. The molecule has 1 aliphatic rings. The van der Waals surface area contributed by atoms with Crippen LogP contribution < -0.4 is 14.8 Å². The number of ether oxygens (including phenoxy) is 2. The predicted octanol–water partition coefficient (Wildman–Crippen LogP) is 3.76. The number of rotatable bonds is 4. The minimum Gasteiger partial charge on any atom is -0.486 e. The molecule has 2 aromatic heterocycles. The second-order valence-electron chi connectivity index (χ2n) is 5.30. The quantitative estimate of drug-likeness (QED) is 0.750. The first-order chi connectivity index (χ1) is 12.2. The molecule has 128 valence electrons. The number of benzene rings is 1. The van der Waals surface area contributed by atoms with E-state index in [1.54, 1.807) is 29.8 Å². The Kier molecular flexibility index (Phi) is 4.33. The molecule has 1 N–H and O–H groups in total. The van der Waals surface area contributed by atoms with Gasteiger partial charge in [0.2, 0.25) is 0 Å². The van der Waals surface area contributed by atoms with Gasteiger partial charge in [-0.1, -0.05) is 11.6 Å². The smallest absolute Gasteiger partial charge is 0.271 e. The third-order valence-electron chi connectivity index (χ3n) is 3.58. The van der Waals surface area contributed by atoms with Gasteiger partial charge in [-0.05, 0) is 29.8 Å². The molecule has 0 bridgehead atoms. The topological polar surface area (TPSA) is 73.6 Å². The second kappa shape index (κ2) is 6.78. The molecule has 4 rings (SSSR count). The molecule has 6 nitrogen and oxygen atoms in total. The van der Waals surface area contributed by atoms with Crippen molar-refractivity contribution in [1.82, 2.24) is 10.3 Å². The molecule has 0 saturated carbocycles. The number of amides is 1. The minimum absolute atomic E-state index is 0.264. The van der Waals surface area contributed by atoms with Crippen LogP contribution in [0.1, 0.15) is 16.1 Å². The molecule has 0 radical (unpaired) electrons. The van der Waals surface area contributed by atoms with Crippen LogP contribution in [0.4, 0.5) is 0 Å². The second-order valence-corrected chi connectivity index (χ2v) is 6.57. The van der Waals surface area contributed by atoms with Gasteiger partial charge in [-0.3, -0.25) is 4.79 Å². The Morgan fingerprint density at radius 1 is 1.32 bits per heavy atom. The first kappa shape index (κ1) is 16.0. The van der Waals surface area contributed by atoms with Crippen molar-refractivity contribution in [3.8, 4) is 22.3 Å². The number of hydrogen-bond donors (Lipinski definition) is 1. The van der Waals surface area contributed by atoms with Gasteiger partial charge in [0.25, 0.3) is 5.91 Å². The van der Waals surface area contributed by atoms with Crippen molar-refractivity contribution in [1.29, 1.82) is 0 Å². The number of nitrogens with zero attached hydrogens (tertiary/aromatic N) is 1. The predicted molar refractivity (Wildman–Crippen MR) is 93.4 cm³/mol. The van der Waals surface area contributed by atoms with Crippen LogP contribution in [0, 0.1) is 0 Å². The molecule has 3 aromatic rings. The van der Waals surface area contributed by atoms with Gasteiger partial charge >= 0.3 is 0 Å². The van der Waals surface area contributed by atoms with E-state index in [1.165, 1.54) is 11.3 Å². The van der Waals surface area contributed by atoms with Crippen LogP contribution in [-0.4, -0.2) is 24.1 Å². The third kappa shape index (κ3) is 3.33. The van der Waals surface area contributed by atoms with Gasteiger partial charge in [-0.2, -0.15) is 0 Å². The molecule has 1 aromatic carbocycles. The molecule has 0 fully saturated rings. The van der Waals surface area contributed by atoms with Crippen molar-refractivity contribution in [3.63, 3.8) is 0 Å². The first-order valence-corrected chi connectivity index (χ1v) is 8.82. The van der Waals surface area contributed by atoms with E-state index in [0.717, 1.165) is 5.56 Å². The normalized spacial score (nSPS) is 12.8. The van der Waals surface area contributed by atoms with Gasteiger partial charge in [-0.25, -0.2) is 4.98 Å². The number of hydrogen-bond acceptors (Lipinski definition) is 6. The average Bonchev–Trinajstić information content (AvgIpc) is 3.31. The van der Waals surface area contributed by atoms with Crippen LogP contribution in [0.25, 0.3) is 10.8 Å². The summed E-state index contributed by atoms with van der Waals surface area (Å²) in [6, 6.07) is 7.15. The zero-order valence-electron chi connectivity index (χ0n) is 13.0. The maximum absolute atomic E-state index is 12.3. The summed E-state index contributed by atoms with van der Waals surface area (Å²) in [4.78, 5) is 16.6. The summed E-state index contributed by atoms with van der Waals surface area (Å²) in [5.74, 6) is 1.52. The molecule has 3 heterocycles. The number of nitrogens with one attached hydrogen (secondary N) is 1. The number of carbonyl (C=O) groups is 1. The van der Waals surface area contributed by atoms with Gasteiger partial charge in [0, 0.05) is 11.9 Å². The molecular weight excluding hydrogens is 364 g/mol. The number of fused-ring (bicyclic) bond motifs is 1. The minimum atomic E-state index is -0.264. The van der Waals surface area contributed by atoms with Crippen LogP contribution >= 0.6 is 22.9 Å². The average molecular weight is 377 g/mol. The maximum atomic E-state index is 12.3. The lowest BCUT2D eigenvalue weighted by Crippen LogP contribution is -2.23. The van der Waals surface area contributed by atoms with Crippen molar-refractivity contribution in [2.45, 2.75) is 6.54 Å². The van der Waals surface area contributed by atoms with Crippen molar-refractivity contribution in [3.05, 3.63) is 52.2 Å². The summed E-state index contributed by atoms with van der Waals surface area (Å²) >= 11 is 7.56. The number of carbonyl (C=O) groups excluding carboxylic acids is 1. The first-order valence-electron chi connectivity index (χ1n) is 7.56. The van der Waals surface area contributed by atoms with Crippen LogP contribution in [0.5, 0.6) is 11.5 Å². The SMILES string of the molecule is O=C(NCc1cc(Cl)c2c(c1)OCCO2)c1csc(-c2ccco2)n1. The molecule has 0 spiro atoms. The highest BCUT2D eigenvalue weighted by molar-refractivity contribution is 7.13. The fourth-order valence-electron chi connectivity index (χ4n) is 2.43. The Bertz CT molecular complexity index is 908. The van der Waals surface area contributed by atoms with E-state index >= 15 is 0 Å². The lowest BCUT2D eigenvalue weighted by Gasteiger charge is -2.20. The van der Waals surface area contributed by atoms with Crippen LogP contribution in [0.2, 0.25) is 5.02 Å². The van der Waals surface area contributed by atoms with Gasteiger partial charge in [0.1, 0.15) is 18.9 Å². The van der Waals surface area contributed by atoms with Gasteiger partial charge in [-0.15, -0.1) is 11.3 Å². The summed E-state index contributed by atoms with van der Waals surface area (Å²) in [5.41, 5.74) is 1.17. The standard InChI is InChI=1S/C17H13ClN2O4S/c18-11-6-10(7-14-15(11)24-5-4-23-14)8-19-16(21)12-9-25-17(20-12)13-2-1-3-22-13/h1-3,6-7,9H,4-5,8H2,(H,19,21). The van der Waals surface area contributed by atoms with Gasteiger partial charge < -0.3 is 19.2 Å². The molecule has 0 unspecified atom stereocenters. The van der Waals surface area contributed by atoms with Crippen molar-refractivity contribution in [2.75, 3.05) is 13.2 Å². The van der Waals surface area contributed by atoms with E-state index in [9.17, 15) is 4.79 Å². The molecule has 0 saturated heterocycles. The Hall–Kier alpha value is -2.51. The highest BCUT2D eigenvalue weighted by atomic mass is 35.5. The number of aromatic nitrogens is 1. The zero-order valence-corrected chi connectivity index (χ0v) is 14.5. The lowest BCUT2D eigenvalue weighted by atomic mass is 10.2. The van der Waals surface area contributed by atoms with Crippen molar-refractivity contribution < 1.29 is 18.7 Å². The van der Waals surface area contributed by atoms with Gasteiger partial charge in [0.15, 0.2) is 22.3 Å². The molecule has 1 aliphatic heterocycles. The monoisotopic (exact) mass is 376 g/mol. The van der Waals surface area contributed by atoms with E-state index in [-0.39, 0.29) is 5.91 Å². The zero-order chi connectivity index (χ0) is 17.2. The molecule has 0 aliphatic carbocycles.